The number of carbonyl (C=O) groups is 2. The molecule has 0 radical (unpaired) electrons. The van der Waals surface area contributed by atoms with E-state index < -0.39 is 17.4 Å². The zero-order valence-corrected chi connectivity index (χ0v) is 16.0. The van der Waals surface area contributed by atoms with Gasteiger partial charge in [0.1, 0.15) is 22.7 Å². The lowest BCUT2D eigenvalue weighted by atomic mass is 10.1. The van der Waals surface area contributed by atoms with Crippen molar-refractivity contribution in [2.75, 3.05) is 7.11 Å². The number of rotatable bonds is 5. The number of esters is 1. The Morgan fingerprint density at radius 3 is 2.46 bits per heavy atom. The Labute approximate surface area is 161 Å². The summed E-state index contributed by atoms with van der Waals surface area (Å²) >= 11 is 0. The molecule has 0 bridgehead atoms. The smallest absolute Gasteiger partial charge is 0.339 e. The minimum absolute atomic E-state index is 0.0109. The number of hydrogen-bond donors (Lipinski definition) is 1. The van der Waals surface area contributed by atoms with E-state index in [9.17, 15) is 19.1 Å². The normalized spacial score (nSPS) is 18.5. The Morgan fingerprint density at radius 1 is 1.21 bits per heavy atom. The van der Waals surface area contributed by atoms with Crippen LogP contribution >= 0.6 is 0 Å². The van der Waals surface area contributed by atoms with Gasteiger partial charge in [-0.15, -0.1) is 0 Å². The molecule has 0 amide bonds. The van der Waals surface area contributed by atoms with Crippen molar-refractivity contribution in [3.05, 3.63) is 41.6 Å². The minimum Gasteiger partial charge on any atom is -0.496 e. The first-order chi connectivity index (χ1) is 13.1. The van der Waals surface area contributed by atoms with Gasteiger partial charge in [-0.1, -0.05) is 0 Å². The van der Waals surface area contributed by atoms with Crippen molar-refractivity contribution in [3.8, 4) is 17.0 Å². The van der Waals surface area contributed by atoms with Gasteiger partial charge in [0.25, 0.3) is 0 Å². The lowest BCUT2D eigenvalue weighted by Crippen LogP contribution is -2.25. The molecule has 1 heterocycles. The number of aromatic nitrogens is 2. The maximum absolute atomic E-state index is 14.4. The third kappa shape index (κ3) is 4.11. The first-order valence-electron chi connectivity index (χ1n) is 8.76. The number of aromatic carboxylic acids is 1. The lowest BCUT2D eigenvalue weighted by Gasteiger charge is -2.19. The molecule has 0 aliphatic heterocycles. The number of nitrogens with zero attached hydrogens (tertiary/aromatic N) is 2. The monoisotopic (exact) mass is 388 g/mol. The second kappa shape index (κ2) is 7.18. The average Bonchev–Trinajstić information content (AvgIpc) is 3.41. The number of hydrogen-bond acceptors (Lipinski definition) is 6. The second-order valence-electron chi connectivity index (χ2n) is 7.65. The zero-order chi connectivity index (χ0) is 20.6. The van der Waals surface area contributed by atoms with Gasteiger partial charge in [0, 0.05) is 23.7 Å². The number of carboxylic acid groups (broad SMARTS) is 1. The van der Waals surface area contributed by atoms with Crippen LogP contribution in [0.3, 0.4) is 0 Å². The number of ether oxygens (including phenoxy) is 2. The largest absolute Gasteiger partial charge is 0.496 e. The molecule has 1 aliphatic carbocycles. The van der Waals surface area contributed by atoms with Crippen LogP contribution in [0.2, 0.25) is 0 Å². The third-order valence-electron chi connectivity index (χ3n) is 4.35. The molecule has 8 heteroatoms. The molecule has 2 aromatic rings. The fourth-order valence-electron chi connectivity index (χ4n) is 2.92. The van der Waals surface area contributed by atoms with Crippen LogP contribution in [-0.2, 0) is 9.53 Å². The van der Waals surface area contributed by atoms with Gasteiger partial charge in [0.05, 0.1) is 30.6 Å². The first kappa shape index (κ1) is 19.7. The highest BCUT2D eigenvalue weighted by Crippen LogP contribution is 2.47. The SMILES string of the molecule is COc1cc(F)c(-c2cnc([C@H]3CC3C(=O)OC(C)(C)C)cn2)cc1C(=O)O. The van der Waals surface area contributed by atoms with E-state index in [0.717, 1.165) is 6.07 Å². The van der Waals surface area contributed by atoms with Crippen molar-refractivity contribution >= 4 is 11.9 Å². The third-order valence-corrected chi connectivity index (χ3v) is 4.35. The Balaban J connectivity index is 1.80. The molecule has 0 spiro atoms. The summed E-state index contributed by atoms with van der Waals surface area (Å²) in [6.45, 7) is 5.43. The van der Waals surface area contributed by atoms with Crippen LogP contribution in [-0.4, -0.2) is 39.7 Å². The summed E-state index contributed by atoms with van der Waals surface area (Å²) in [7, 11) is 1.27. The van der Waals surface area contributed by atoms with Crippen molar-refractivity contribution in [2.24, 2.45) is 5.92 Å². The van der Waals surface area contributed by atoms with Crippen LogP contribution in [0.1, 0.15) is 49.2 Å². The van der Waals surface area contributed by atoms with Crippen molar-refractivity contribution in [1.82, 2.24) is 9.97 Å². The van der Waals surface area contributed by atoms with E-state index in [-0.39, 0.29) is 40.4 Å². The summed E-state index contributed by atoms with van der Waals surface area (Å²) < 4.78 is 24.6. The van der Waals surface area contributed by atoms with Crippen molar-refractivity contribution < 1.29 is 28.6 Å². The van der Waals surface area contributed by atoms with Crippen LogP contribution in [0.15, 0.2) is 24.5 Å². The number of carboxylic acids is 1. The fourth-order valence-corrected chi connectivity index (χ4v) is 2.92. The standard InChI is InChI=1S/C20H21FN2O5/c1-20(2,3)28-19(26)11-5-10(11)15-8-23-16(9-22-15)12-6-13(18(24)25)17(27-4)7-14(12)21/h6-11H,5H2,1-4H3,(H,24,25)/t10-,11?/m0/s1. The molecule has 148 valence electrons. The summed E-state index contributed by atoms with van der Waals surface area (Å²) in [4.78, 5) is 32.0. The molecule has 1 saturated carbocycles. The van der Waals surface area contributed by atoms with Gasteiger partial charge in [-0.25, -0.2) is 9.18 Å². The van der Waals surface area contributed by atoms with Crippen LogP contribution in [0.25, 0.3) is 11.3 Å². The van der Waals surface area contributed by atoms with Crippen LogP contribution < -0.4 is 4.74 Å². The second-order valence-corrected chi connectivity index (χ2v) is 7.65. The Morgan fingerprint density at radius 2 is 1.93 bits per heavy atom. The van der Waals surface area contributed by atoms with E-state index >= 15 is 0 Å². The van der Waals surface area contributed by atoms with Gasteiger partial charge in [-0.2, -0.15) is 0 Å². The number of halogens is 1. The van der Waals surface area contributed by atoms with E-state index in [4.69, 9.17) is 9.47 Å². The highest BCUT2D eigenvalue weighted by atomic mass is 19.1. The molecule has 1 N–H and O–H groups in total. The van der Waals surface area contributed by atoms with Crippen LogP contribution in [0.4, 0.5) is 4.39 Å². The van der Waals surface area contributed by atoms with E-state index in [2.05, 4.69) is 9.97 Å². The topological polar surface area (TPSA) is 98.6 Å². The highest BCUT2D eigenvalue weighted by molar-refractivity contribution is 5.92. The summed E-state index contributed by atoms with van der Waals surface area (Å²) in [5, 5.41) is 9.26. The summed E-state index contributed by atoms with van der Waals surface area (Å²) in [6, 6.07) is 2.18. The number of methoxy groups -OCH3 is 1. The molecule has 28 heavy (non-hydrogen) atoms. The summed E-state index contributed by atoms with van der Waals surface area (Å²) in [5.74, 6) is -2.57. The molecule has 2 atom stereocenters. The van der Waals surface area contributed by atoms with Gasteiger partial charge < -0.3 is 14.6 Å². The van der Waals surface area contributed by atoms with Crippen molar-refractivity contribution in [1.29, 1.82) is 0 Å². The lowest BCUT2D eigenvalue weighted by molar-refractivity contribution is -0.156. The molecule has 3 rings (SSSR count). The van der Waals surface area contributed by atoms with E-state index in [1.165, 1.54) is 25.6 Å². The van der Waals surface area contributed by atoms with Gasteiger partial charge in [0.15, 0.2) is 0 Å². The number of benzene rings is 1. The maximum atomic E-state index is 14.4. The summed E-state index contributed by atoms with van der Waals surface area (Å²) in [6.07, 6.45) is 3.48. The average molecular weight is 388 g/mol. The van der Waals surface area contributed by atoms with Gasteiger partial charge >= 0.3 is 11.9 Å². The molecule has 0 saturated heterocycles. The van der Waals surface area contributed by atoms with Crippen LogP contribution in [0.5, 0.6) is 5.75 Å². The Hall–Kier alpha value is -3.03. The van der Waals surface area contributed by atoms with E-state index in [0.29, 0.717) is 12.1 Å². The molecule has 1 unspecified atom stereocenters. The molecule has 1 aromatic carbocycles. The molecule has 7 nitrogen and oxygen atoms in total. The number of carbonyl (C=O) groups excluding carboxylic acids is 1. The highest BCUT2D eigenvalue weighted by Gasteiger charge is 2.47. The summed E-state index contributed by atoms with van der Waals surface area (Å²) in [5.41, 5.74) is 0.106. The van der Waals surface area contributed by atoms with Crippen LogP contribution in [0, 0.1) is 11.7 Å². The molecular weight excluding hydrogens is 367 g/mol. The zero-order valence-electron chi connectivity index (χ0n) is 16.0. The van der Waals surface area contributed by atoms with Crippen molar-refractivity contribution in [3.63, 3.8) is 0 Å². The predicted molar refractivity (Wildman–Crippen MR) is 97.6 cm³/mol. The molecule has 1 aliphatic rings. The van der Waals surface area contributed by atoms with Gasteiger partial charge in [-0.3, -0.25) is 14.8 Å². The Bertz CT molecular complexity index is 921. The Kier molecular flexibility index (Phi) is 5.06. The quantitative estimate of drug-likeness (QED) is 0.784. The first-order valence-corrected chi connectivity index (χ1v) is 8.76. The maximum Gasteiger partial charge on any atom is 0.339 e. The van der Waals surface area contributed by atoms with Gasteiger partial charge in [-0.05, 0) is 33.3 Å². The molecule has 1 fully saturated rings. The predicted octanol–water partition coefficient (Wildman–Crippen LogP) is 3.43. The minimum atomic E-state index is -1.24. The van der Waals surface area contributed by atoms with E-state index in [1.807, 2.05) is 20.8 Å². The van der Waals surface area contributed by atoms with E-state index in [1.54, 1.807) is 0 Å². The van der Waals surface area contributed by atoms with Gasteiger partial charge in [0.2, 0.25) is 0 Å². The fraction of sp³-hybridized carbons (Fsp3) is 0.400. The molecular formula is C20H21FN2O5. The molecule has 1 aromatic heterocycles. The van der Waals surface area contributed by atoms with Crippen molar-refractivity contribution in [2.45, 2.75) is 38.7 Å².